The molecule has 0 aromatic heterocycles. The molecule has 32 heavy (non-hydrogen) atoms. The Bertz CT molecular complexity index is 695. The van der Waals surface area contributed by atoms with Crippen LogP contribution in [-0.4, -0.2) is 14.5 Å². The molecular weight excluding hydrogens is 432 g/mol. The van der Waals surface area contributed by atoms with E-state index in [2.05, 4.69) is 47.2 Å². The van der Waals surface area contributed by atoms with E-state index in [0.29, 0.717) is 16.7 Å². The lowest BCUT2D eigenvalue weighted by Crippen LogP contribution is -2.55. The summed E-state index contributed by atoms with van der Waals surface area (Å²) in [6.45, 7) is 12.5. The highest BCUT2D eigenvalue weighted by atomic mass is 32.2. The maximum Gasteiger partial charge on any atom is 0.245 e. The number of fused-ring (bicyclic) bond motifs is 5. The lowest BCUT2D eigenvalue weighted by molar-refractivity contribution is -0.134. The molecule has 4 saturated carbocycles. The molecule has 9 atom stereocenters. The largest absolute Gasteiger partial charge is 0.379 e. The van der Waals surface area contributed by atoms with Gasteiger partial charge in [-0.2, -0.15) is 0 Å². The van der Waals surface area contributed by atoms with Crippen molar-refractivity contribution in [2.75, 3.05) is 0 Å². The Morgan fingerprint density at radius 3 is 2.38 bits per heavy atom. The van der Waals surface area contributed by atoms with Gasteiger partial charge in [0.1, 0.15) is 4.93 Å². The normalized spacial score (nSPS) is 46.9. The smallest absolute Gasteiger partial charge is 0.245 e. The van der Waals surface area contributed by atoms with Crippen molar-refractivity contribution in [1.29, 1.82) is 0 Å². The summed E-state index contributed by atoms with van der Waals surface area (Å²) in [7, 11) is 0. The summed E-state index contributed by atoms with van der Waals surface area (Å²) in [6, 6.07) is 0. The zero-order valence-corrected chi connectivity index (χ0v) is 22.9. The molecule has 184 valence electrons. The number of carbonyl (C=O) groups is 1. The Labute approximate surface area is 207 Å². The highest BCUT2D eigenvalue weighted by Gasteiger charge is 2.61. The number of hydrogen-bond acceptors (Lipinski definition) is 3. The molecule has 0 aliphatic heterocycles. The molecule has 2 nitrogen and oxygen atoms in total. The van der Waals surface area contributed by atoms with Crippen molar-refractivity contribution >= 4 is 28.8 Å². The molecular formula is C28H48O2S2. The highest BCUT2D eigenvalue weighted by Crippen LogP contribution is 2.69. The van der Waals surface area contributed by atoms with Gasteiger partial charge in [-0.1, -0.05) is 66.5 Å². The molecule has 0 saturated heterocycles. The molecule has 0 spiro atoms. The van der Waals surface area contributed by atoms with Crippen LogP contribution >= 0.6 is 24.4 Å². The lowest BCUT2D eigenvalue weighted by Gasteiger charge is -2.62. The summed E-state index contributed by atoms with van der Waals surface area (Å²) in [6.07, 6.45) is 15.1. The first-order valence-corrected chi connectivity index (χ1v) is 14.9. The molecule has 0 amide bonds. The summed E-state index contributed by atoms with van der Waals surface area (Å²) < 4.78 is -0.238. The van der Waals surface area contributed by atoms with Gasteiger partial charge in [0, 0.05) is 0 Å². The van der Waals surface area contributed by atoms with Crippen molar-refractivity contribution in [1.82, 2.24) is 0 Å². The first-order chi connectivity index (χ1) is 15.0. The number of hydrogen-bond donors (Lipinski definition) is 2. The third kappa shape index (κ3) is 4.60. The summed E-state index contributed by atoms with van der Waals surface area (Å²) in [5, 5.41) is 11.1. The van der Waals surface area contributed by atoms with E-state index < -0.39 is 4.93 Å². The minimum absolute atomic E-state index is 0.238. The number of rotatable bonds is 6. The van der Waals surface area contributed by atoms with E-state index in [-0.39, 0.29) is 4.45 Å². The molecule has 4 heteroatoms. The predicted octanol–water partition coefficient (Wildman–Crippen LogP) is 8.58. The third-order valence-electron chi connectivity index (χ3n) is 11.2. The van der Waals surface area contributed by atoms with Gasteiger partial charge in [0.05, 0.1) is 0 Å². The summed E-state index contributed by atoms with van der Waals surface area (Å²) in [5.41, 5.74) is 0.892. The van der Waals surface area contributed by atoms with Gasteiger partial charge in [-0.05, 0) is 122 Å². The molecule has 0 heterocycles. The van der Waals surface area contributed by atoms with E-state index in [9.17, 15) is 9.90 Å². The molecule has 1 N–H and O–H groups in total. The van der Waals surface area contributed by atoms with Gasteiger partial charge in [0.25, 0.3) is 0 Å². The first-order valence-electron chi connectivity index (χ1n) is 13.6. The monoisotopic (exact) mass is 480 g/mol. The SMILES string of the molecule is CC(C)CCC[C@@H](C)[C@H]1CC[C@H]2[C@@H]3CC[C@H]4C[C@](O)(SC(=O)S)CC[C@]4(C)[C@H]3CC[C@]12C. The van der Waals surface area contributed by atoms with Crippen molar-refractivity contribution in [3.63, 3.8) is 0 Å². The summed E-state index contributed by atoms with van der Waals surface area (Å²) >= 11 is 5.01. The van der Waals surface area contributed by atoms with Crippen molar-refractivity contribution in [3.8, 4) is 0 Å². The lowest BCUT2D eigenvalue weighted by atomic mass is 9.44. The Kier molecular flexibility index (Phi) is 7.48. The van der Waals surface area contributed by atoms with Gasteiger partial charge in [-0.25, -0.2) is 0 Å². The maximum atomic E-state index is 11.6. The van der Waals surface area contributed by atoms with E-state index >= 15 is 0 Å². The zero-order valence-electron chi connectivity index (χ0n) is 21.2. The Balaban J connectivity index is 1.45. The van der Waals surface area contributed by atoms with Crippen LogP contribution in [-0.2, 0) is 0 Å². The molecule has 4 fully saturated rings. The standard InChI is InChI=1S/C28H48O2S2/c1-18(2)7-6-8-19(3)22-11-12-23-21-10-9-20-17-28(30,32-25(29)31)16-15-26(20,4)24(21)13-14-27(22,23)5/h18-24,30H,6-17H2,1-5H3,(H,29,31)/t19-,20+,21+,22-,23+,24+,26+,27-,28-/m1/s1. The second kappa shape index (κ2) is 9.41. The fraction of sp³-hybridized carbons (Fsp3) is 0.964. The molecule has 0 aromatic carbocycles. The molecule has 4 rings (SSSR count). The fourth-order valence-electron chi connectivity index (χ4n) is 9.49. The molecule has 0 aromatic rings. The maximum absolute atomic E-state index is 11.6. The quantitative estimate of drug-likeness (QED) is 0.295. The van der Waals surface area contributed by atoms with Crippen molar-refractivity contribution in [2.45, 2.75) is 117 Å². The van der Waals surface area contributed by atoms with E-state index in [0.717, 1.165) is 66.5 Å². The van der Waals surface area contributed by atoms with Crippen LogP contribution in [0.3, 0.4) is 0 Å². The first kappa shape index (κ1) is 25.4. The summed E-state index contributed by atoms with van der Waals surface area (Å²) in [4.78, 5) is 10.7. The van der Waals surface area contributed by atoms with E-state index in [1.165, 1.54) is 57.8 Å². The molecule has 0 bridgehead atoms. The minimum atomic E-state index is -0.886. The minimum Gasteiger partial charge on any atom is -0.379 e. The van der Waals surface area contributed by atoms with Crippen LogP contribution in [0.15, 0.2) is 0 Å². The molecule has 0 radical (unpaired) electrons. The topological polar surface area (TPSA) is 37.3 Å². The second-order valence-electron chi connectivity index (χ2n) is 13.2. The predicted molar refractivity (Wildman–Crippen MR) is 140 cm³/mol. The van der Waals surface area contributed by atoms with Crippen LogP contribution in [0.4, 0.5) is 4.79 Å². The van der Waals surface area contributed by atoms with Gasteiger partial charge in [-0.15, -0.1) is 0 Å². The average Bonchev–Trinajstić information content (AvgIpc) is 3.05. The van der Waals surface area contributed by atoms with Crippen LogP contribution in [0, 0.1) is 52.3 Å². The van der Waals surface area contributed by atoms with Crippen LogP contribution in [0.2, 0.25) is 0 Å². The Morgan fingerprint density at radius 1 is 0.969 bits per heavy atom. The average molecular weight is 481 g/mol. The number of thioether (sulfide) groups is 1. The van der Waals surface area contributed by atoms with Crippen molar-refractivity contribution < 1.29 is 9.90 Å². The third-order valence-corrected chi connectivity index (χ3v) is 12.4. The van der Waals surface area contributed by atoms with Gasteiger partial charge in [0.2, 0.25) is 4.45 Å². The number of aliphatic hydroxyl groups is 1. The van der Waals surface area contributed by atoms with Crippen LogP contribution < -0.4 is 0 Å². The van der Waals surface area contributed by atoms with Crippen molar-refractivity contribution in [2.24, 2.45) is 52.3 Å². The second-order valence-corrected chi connectivity index (χ2v) is 15.2. The van der Waals surface area contributed by atoms with Crippen LogP contribution in [0.1, 0.15) is 112 Å². The van der Waals surface area contributed by atoms with E-state index in [1.54, 1.807) is 0 Å². The van der Waals surface area contributed by atoms with Gasteiger partial charge in [0.15, 0.2) is 0 Å². The van der Waals surface area contributed by atoms with Gasteiger partial charge < -0.3 is 5.11 Å². The summed E-state index contributed by atoms with van der Waals surface area (Å²) in [5.74, 6) is 5.78. The number of carbonyl (C=O) groups excluding carboxylic acids is 1. The zero-order chi connectivity index (χ0) is 23.3. The van der Waals surface area contributed by atoms with Crippen molar-refractivity contribution in [3.05, 3.63) is 0 Å². The Hall–Kier alpha value is 0.330. The fourth-order valence-corrected chi connectivity index (χ4v) is 10.8. The van der Waals surface area contributed by atoms with Crippen LogP contribution in [0.25, 0.3) is 0 Å². The van der Waals surface area contributed by atoms with Gasteiger partial charge in [-0.3, -0.25) is 4.79 Å². The Morgan fingerprint density at radius 2 is 1.69 bits per heavy atom. The number of thiol groups is 1. The van der Waals surface area contributed by atoms with E-state index in [1.807, 2.05) is 0 Å². The molecule has 4 aliphatic carbocycles. The van der Waals surface area contributed by atoms with E-state index in [4.69, 9.17) is 0 Å². The highest BCUT2D eigenvalue weighted by molar-refractivity contribution is 8.32. The van der Waals surface area contributed by atoms with Gasteiger partial charge >= 0.3 is 0 Å². The molecule has 4 aliphatic rings. The van der Waals surface area contributed by atoms with Crippen LogP contribution in [0.5, 0.6) is 0 Å². The molecule has 0 unspecified atom stereocenters.